The van der Waals surface area contributed by atoms with E-state index in [0.29, 0.717) is 11.6 Å². The minimum atomic E-state index is -0.933. The Morgan fingerprint density at radius 1 is 1.69 bits per heavy atom. The van der Waals surface area contributed by atoms with Gasteiger partial charge in [-0.05, 0) is 13.8 Å². The number of hydrogen-bond acceptors (Lipinski definition) is 4. The van der Waals surface area contributed by atoms with Crippen molar-refractivity contribution in [2.75, 3.05) is 12.9 Å². The van der Waals surface area contributed by atoms with Gasteiger partial charge in [-0.25, -0.2) is 4.98 Å². The topological polar surface area (TPSA) is 53.4 Å². The number of aromatic nitrogens is 1. The van der Waals surface area contributed by atoms with Crippen LogP contribution in [0.2, 0.25) is 0 Å². The molecule has 90 valence electrons. The molecular weight excluding hydrogens is 248 g/mol. The van der Waals surface area contributed by atoms with Gasteiger partial charge in [-0.3, -0.25) is 4.79 Å². The summed E-state index contributed by atoms with van der Waals surface area (Å²) >= 11 is 6.83. The van der Waals surface area contributed by atoms with E-state index in [1.807, 2.05) is 5.38 Å². The summed E-state index contributed by atoms with van der Waals surface area (Å²) in [5.74, 6) is -0.168. The number of halogens is 1. The number of carbonyl (C=O) groups excluding carboxylic acids is 1. The largest absolute Gasteiger partial charge is 0.383 e. The summed E-state index contributed by atoms with van der Waals surface area (Å²) in [5, 5.41) is 12.2. The molecule has 0 saturated carbocycles. The first-order valence-electron chi connectivity index (χ1n) is 4.81. The van der Waals surface area contributed by atoms with Crippen LogP contribution in [0.4, 0.5) is 0 Å². The first kappa shape index (κ1) is 13.4. The van der Waals surface area contributed by atoms with Crippen LogP contribution in [-0.4, -0.2) is 33.8 Å². The van der Waals surface area contributed by atoms with E-state index >= 15 is 0 Å². The molecule has 0 bridgehead atoms. The third-order valence-electron chi connectivity index (χ3n) is 2.01. The van der Waals surface area contributed by atoms with E-state index in [1.165, 1.54) is 16.2 Å². The van der Waals surface area contributed by atoms with E-state index in [1.54, 1.807) is 20.9 Å². The number of thiazole rings is 1. The lowest BCUT2D eigenvalue weighted by molar-refractivity contribution is -0.127. The molecule has 1 aromatic rings. The Labute approximate surface area is 104 Å². The van der Waals surface area contributed by atoms with Crippen LogP contribution >= 0.6 is 22.9 Å². The highest BCUT2D eigenvalue weighted by Crippen LogP contribution is 2.23. The number of amides is 1. The Morgan fingerprint density at radius 2 is 2.31 bits per heavy atom. The van der Waals surface area contributed by atoms with Crippen LogP contribution in [-0.2, 0) is 16.9 Å². The van der Waals surface area contributed by atoms with Gasteiger partial charge < -0.3 is 10.0 Å². The van der Waals surface area contributed by atoms with Crippen molar-refractivity contribution >= 4 is 28.8 Å². The second-order valence-corrected chi connectivity index (χ2v) is 5.21. The van der Waals surface area contributed by atoms with Gasteiger partial charge >= 0.3 is 0 Å². The van der Waals surface area contributed by atoms with Crippen LogP contribution in [0.3, 0.4) is 0 Å². The zero-order chi connectivity index (χ0) is 12.3. The SMILES string of the molecule is CN(Cc1csc(C(C)(C)O)n1)C(=O)CCl. The zero-order valence-electron chi connectivity index (χ0n) is 9.53. The quantitative estimate of drug-likeness (QED) is 0.838. The average Bonchev–Trinajstić information content (AvgIpc) is 2.64. The summed E-state index contributed by atoms with van der Waals surface area (Å²) in [6, 6.07) is 0. The molecule has 0 aliphatic rings. The molecule has 0 aliphatic carbocycles. The fourth-order valence-electron chi connectivity index (χ4n) is 1.09. The standard InChI is InChI=1S/C10H15ClN2O2S/c1-10(2,15)9-12-7(6-16-9)5-13(3)8(14)4-11/h6,15H,4-5H2,1-3H3. The molecule has 0 radical (unpaired) electrons. The van der Waals surface area contributed by atoms with Crippen molar-refractivity contribution in [3.63, 3.8) is 0 Å². The van der Waals surface area contributed by atoms with Crippen LogP contribution in [0.15, 0.2) is 5.38 Å². The molecule has 0 aromatic carbocycles. The molecule has 6 heteroatoms. The lowest BCUT2D eigenvalue weighted by atomic mass is 10.1. The molecule has 1 rings (SSSR count). The first-order chi connectivity index (χ1) is 7.34. The molecule has 0 fully saturated rings. The molecule has 0 aliphatic heterocycles. The third kappa shape index (κ3) is 3.43. The fraction of sp³-hybridized carbons (Fsp3) is 0.600. The van der Waals surface area contributed by atoms with Crippen LogP contribution in [0, 0.1) is 0 Å². The molecule has 0 spiro atoms. The molecule has 16 heavy (non-hydrogen) atoms. The van der Waals surface area contributed by atoms with E-state index in [0.717, 1.165) is 5.69 Å². The summed E-state index contributed by atoms with van der Waals surface area (Å²) in [7, 11) is 1.67. The molecule has 4 nitrogen and oxygen atoms in total. The predicted octanol–water partition coefficient (Wildman–Crippen LogP) is 1.57. The number of nitrogens with zero attached hydrogens (tertiary/aromatic N) is 2. The van der Waals surface area contributed by atoms with Crippen LogP contribution in [0.5, 0.6) is 0 Å². The Balaban J connectivity index is 2.69. The number of aliphatic hydroxyl groups is 1. The maximum absolute atomic E-state index is 11.2. The summed E-state index contributed by atoms with van der Waals surface area (Å²) in [4.78, 5) is 17.0. The number of carbonyl (C=O) groups is 1. The number of hydrogen-bond donors (Lipinski definition) is 1. The molecule has 1 aromatic heterocycles. The summed E-state index contributed by atoms with van der Waals surface area (Å²) in [6.07, 6.45) is 0. The van der Waals surface area contributed by atoms with Crippen molar-refractivity contribution in [3.05, 3.63) is 16.1 Å². The fourth-order valence-corrected chi connectivity index (χ4v) is 2.13. The van der Waals surface area contributed by atoms with Gasteiger partial charge in [0.2, 0.25) is 5.91 Å². The van der Waals surface area contributed by atoms with Crippen molar-refractivity contribution in [3.8, 4) is 0 Å². The van der Waals surface area contributed by atoms with Crippen molar-refractivity contribution < 1.29 is 9.90 Å². The first-order valence-corrected chi connectivity index (χ1v) is 6.23. The van der Waals surface area contributed by atoms with Gasteiger partial charge in [0, 0.05) is 12.4 Å². The maximum atomic E-state index is 11.2. The third-order valence-corrected chi connectivity index (χ3v) is 3.45. The summed E-state index contributed by atoms with van der Waals surface area (Å²) in [5.41, 5.74) is -0.166. The van der Waals surface area contributed by atoms with E-state index in [-0.39, 0.29) is 11.8 Å². The zero-order valence-corrected chi connectivity index (χ0v) is 11.1. The Hall–Kier alpha value is -0.650. The second kappa shape index (κ2) is 5.12. The minimum Gasteiger partial charge on any atom is -0.383 e. The van der Waals surface area contributed by atoms with Crippen molar-refractivity contribution in [1.29, 1.82) is 0 Å². The Kier molecular flexibility index (Phi) is 4.29. The van der Waals surface area contributed by atoms with E-state index < -0.39 is 5.60 Å². The van der Waals surface area contributed by atoms with Gasteiger partial charge in [0.15, 0.2) is 0 Å². The maximum Gasteiger partial charge on any atom is 0.237 e. The van der Waals surface area contributed by atoms with Crippen LogP contribution in [0.25, 0.3) is 0 Å². The van der Waals surface area contributed by atoms with Gasteiger partial charge in [-0.15, -0.1) is 22.9 Å². The van der Waals surface area contributed by atoms with Gasteiger partial charge in [-0.2, -0.15) is 0 Å². The van der Waals surface area contributed by atoms with Crippen molar-refractivity contribution in [1.82, 2.24) is 9.88 Å². The number of alkyl halides is 1. The normalized spacial score (nSPS) is 11.6. The Morgan fingerprint density at radius 3 is 2.75 bits per heavy atom. The smallest absolute Gasteiger partial charge is 0.237 e. The van der Waals surface area contributed by atoms with Crippen molar-refractivity contribution in [2.45, 2.75) is 26.0 Å². The minimum absolute atomic E-state index is 0.0288. The van der Waals surface area contributed by atoms with E-state index in [9.17, 15) is 9.90 Å². The van der Waals surface area contributed by atoms with E-state index in [2.05, 4.69) is 4.98 Å². The van der Waals surface area contributed by atoms with Gasteiger partial charge in [0.1, 0.15) is 16.5 Å². The van der Waals surface area contributed by atoms with Crippen LogP contribution < -0.4 is 0 Å². The summed E-state index contributed by atoms with van der Waals surface area (Å²) in [6.45, 7) is 3.78. The number of rotatable bonds is 4. The highest BCUT2D eigenvalue weighted by atomic mass is 35.5. The van der Waals surface area contributed by atoms with Crippen LogP contribution in [0.1, 0.15) is 24.5 Å². The van der Waals surface area contributed by atoms with Gasteiger partial charge in [0.05, 0.1) is 12.2 Å². The lowest BCUT2D eigenvalue weighted by Gasteiger charge is -2.15. The second-order valence-electron chi connectivity index (χ2n) is 4.09. The molecule has 0 unspecified atom stereocenters. The summed E-state index contributed by atoms with van der Waals surface area (Å²) < 4.78 is 0. The Bertz CT molecular complexity index is 373. The molecule has 1 heterocycles. The molecule has 1 N–H and O–H groups in total. The highest BCUT2D eigenvalue weighted by Gasteiger charge is 2.20. The molecule has 0 atom stereocenters. The monoisotopic (exact) mass is 262 g/mol. The lowest BCUT2D eigenvalue weighted by Crippen LogP contribution is -2.27. The van der Waals surface area contributed by atoms with E-state index in [4.69, 9.17) is 11.6 Å². The predicted molar refractivity (Wildman–Crippen MR) is 64.6 cm³/mol. The molecular formula is C10H15ClN2O2S. The molecule has 0 saturated heterocycles. The average molecular weight is 263 g/mol. The van der Waals surface area contributed by atoms with Crippen molar-refractivity contribution in [2.24, 2.45) is 0 Å². The molecule has 1 amide bonds. The van der Waals surface area contributed by atoms with Gasteiger partial charge in [0.25, 0.3) is 0 Å². The highest BCUT2D eigenvalue weighted by molar-refractivity contribution is 7.09. The van der Waals surface area contributed by atoms with Gasteiger partial charge in [-0.1, -0.05) is 0 Å².